The second kappa shape index (κ2) is 5.97. The highest BCUT2D eigenvalue weighted by Crippen LogP contribution is 2.24. The molecule has 0 unspecified atom stereocenters. The van der Waals surface area contributed by atoms with Crippen molar-refractivity contribution in [2.45, 2.75) is 12.2 Å². The molecule has 0 aliphatic carbocycles. The lowest BCUT2D eigenvalue weighted by Gasteiger charge is -2.22. The first-order valence-corrected chi connectivity index (χ1v) is 6.40. The fraction of sp³-hybridized carbons (Fsp3) is 0.125. The first kappa shape index (κ1) is 15.7. The van der Waals surface area contributed by atoms with Gasteiger partial charge in [0, 0.05) is 12.0 Å². The molecule has 114 valence electrons. The highest BCUT2D eigenvalue weighted by Gasteiger charge is 2.27. The van der Waals surface area contributed by atoms with Crippen LogP contribution in [0.2, 0.25) is 0 Å². The molecule has 6 heteroatoms. The maximum atomic E-state index is 10.9. The van der Waals surface area contributed by atoms with Crippen LogP contribution in [-0.4, -0.2) is 32.4 Å². The van der Waals surface area contributed by atoms with Crippen LogP contribution in [0.25, 0.3) is 0 Å². The van der Waals surface area contributed by atoms with Gasteiger partial charge in [0.25, 0.3) is 0 Å². The van der Waals surface area contributed by atoms with Gasteiger partial charge in [-0.2, -0.15) is 0 Å². The van der Waals surface area contributed by atoms with E-state index in [1.807, 2.05) is 0 Å². The summed E-state index contributed by atoms with van der Waals surface area (Å²) in [6, 6.07) is 11.1. The van der Waals surface area contributed by atoms with E-state index in [2.05, 4.69) is 0 Å². The summed E-state index contributed by atoms with van der Waals surface area (Å²) < 4.78 is 0. The van der Waals surface area contributed by atoms with Gasteiger partial charge in [0.15, 0.2) is 5.79 Å². The number of carboxylic acid groups (broad SMARTS) is 2. The van der Waals surface area contributed by atoms with Crippen molar-refractivity contribution in [3.63, 3.8) is 0 Å². The van der Waals surface area contributed by atoms with Gasteiger partial charge in [-0.15, -0.1) is 0 Å². The predicted molar refractivity (Wildman–Crippen MR) is 76.6 cm³/mol. The molecule has 2 rings (SSSR count). The average molecular weight is 302 g/mol. The number of rotatable bonds is 5. The van der Waals surface area contributed by atoms with Crippen molar-refractivity contribution in [3.05, 3.63) is 70.8 Å². The molecule has 0 spiro atoms. The van der Waals surface area contributed by atoms with E-state index in [0.717, 1.165) is 0 Å². The first-order valence-electron chi connectivity index (χ1n) is 6.40. The molecule has 0 radical (unpaired) electrons. The molecule has 0 saturated carbocycles. The third-order valence-electron chi connectivity index (χ3n) is 3.20. The molecule has 0 fully saturated rings. The summed E-state index contributed by atoms with van der Waals surface area (Å²) in [7, 11) is 0. The number of benzene rings is 2. The van der Waals surface area contributed by atoms with Crippen LogP contribution in [0.4, 0.5) is 0 Å². The lowest BCUT2D eigenvalue weighted by molar-refractivity contribution is -0.168. The maximum absolute atomic E-state index is 10.9. The second-order valence-electron chi connectivity index (χ2n) is 4.88. The molecule has 2 aromatic rings. The molecule has 0 aromatic heterocycles. The minimum Gasteiger partial charge on any atom is -0.478 e. The Morgan fingerprint density at radius 2 is 1.41 bits per heavy atom. The quantitative estimate of drug-likeness (QED) is 0.622. The van der Waals surface area contributed by atoms with Crippen LogP contribution in [0.15, 0.2) is 48.5 Å². The Kier molecular flexibility index (Phi) is 4.25. The Balaban J connectivity index is 2.31. The Morgan fingerprint density at radius 3 is 2.00 bits per heavy atom. The normalized spacial score (nSPS) is 11.2. The van der Waals surface area contributed by atoms with Gasteiger partial charge in [-0.3, -0.25) is 0 Å². The van der Waals surface area contributed by atoms with E-state index in [4.69, 9.17) is 10.2 Å². The SMILES string of the molecule is O=C(O)c1cccc(CC(O)(O)c2cccc(C(=O)O)c2)c1. The third kappa shape index (κ3) is 3.49. The molecule has 0 aliphatic heterocycles. The summed E-state index contributed by atoms with van der Waals surface area (Å²) >= 11 is 0. The van der Waals surface area contributed by atoms with Crippen molar-refractivity contribution >= 4 is 11.9 Å². The van der Waals surface area contributed by atoms with E-state index in [9.17, 15) is 19.8 Å². The van der Waals surface area contributed by atoms with Gasteiger partial charge in [0.2, 0.25) is 0 Å². The lowest BCUT2D eigenvalue weighted by atomic mass is 9.95. The molecule has 2 aromatic carbocycles. The van der Waals surface area contributed by atoms with Crippen LogP contribution in [0, 0.1) is 0 Å². The fourth-order valence-electron chi connectivity index (χ4n) is 2.10. The van der Waals surface area contributed by atoms with Crippen LogP contribution < -0.4 is 0 Å². The second-order valence-corrected chi connectivity index (χ2v) is 4.88. The van der Waals surface area contributed by atoms with E-state index in [1.165, 1.54) is 42.5 Å². The topological polar surface area (TPSA) is 115 Å². The number of aliphatic hydroxyl groups is 2. The number of carbonyl (C=O) groups is 2. The van der Waals surface area contributed by atoms with Gasteiger partial charge >= 0.3 is 11.9 Å². The summed E-state index contributed by atoms with van der Waals surface area (Å²) in [5.41, 5.74) is 0.399. The molecule has 0 amide bonds. The van der Waals surface area contributed by atoms with Crippen LogP contribution >= 0.6 is 0 Å². The molecular weight excluding hydrogens is 288 g/mol. The van der Waals surface area contributed by atoms with E-state index >= 15 is 0 Å². The minimum atomic E-state index is -2.30. The fourth-order valence-corrected chi connectivity index (χ4v) is 2.10. The number of hydrogen-bond acceptors (Lipinski definition) is 4. The Morgan fingerprint density at radius 1 is 0.864 bits per heavy atom. The zero-order valence-corrected chi connectivity index (χ0v) is 11.4. The third-order valence-corrected chi connectivity index (χ3v) is 3.20. The van der Waals surface area contributed by atoms with Crippen molar-refractivity contribution in [1.29, 1.82) is 0 Å². The van der Waals surface area contributed by atoms with Gasteiger partial charge < -0.3 is 20.4 Å². The minimum absolute atomic E-state index is 0.0214. The van der Waals surface area contributed by atoms with Crippen LogP contribution in [0.3, 0.4) is 0 Å². The molecule has 0 atom stereocenters. The lowest BCUT2D eigenvalue weighted by Crippen LogP contribution is -2.28. The molecule has 0 saturated heterocycles. The summed E-state index contributed by atoms with van der Waals surface area (Å²) in [6.07, 6.45) is -0.267. The highest BCUT2D eigenvalue weighted by atomic mass is 16.5. The summed E-state index contributed by atoms with van der Waals surface area (Å²) in [4.78, 5) is 21.8. The Bertz CT molecular complexity index is 720. The monoisotopic (exact) mass is 302 g/mol. The molecule has 22 heavy (non-hydrogen) atoms. The molecular formula is C16H14O6. The number of aromatic carboxylic acids is 2. The molecule has 6 nitrogen and oxygen atoms in total. The summed E-state index contributed by atoms with van der Waals surface area (Å²) in [5, 5.41) is 38.2. The van der Waals surface area contributed by atoms with Gasteiger partial charge in [0.05, 0.1) is 11.1 Å². The molecule has 4 N–H and O–H groups in total. The van der Waals surface area contributed by atoms with Crippen molar-refractivity contribution in [1.82, 2.24) is 0 Å². The average Bonchev–Trinajstić information content (AvgIpc) is 2.47. The van der Waals surface area contributed by atoms with Gasteiger partial charge in [-0.25, -0.2) is 9.59 Å². The zero-order valence-electron chi connectivity index (χ0n) is 11.4. The standard InChI is InChI=1S/C16H14O6/c17-14(18)11-4-1-3-10(7-11)9-16(21,22)13-6-2-5-12(8-13)15(19)20/h1-8,21-22H,9H2,(H,17,18)(H,19,20). The van der Waals surface area contributed by atoms with Crippen molar-refractivity contribution in [3.8, 4) is 0 Å². The zero-order chi connectivity index (χ0) is 16.3. The number of hydrogen-bond donors (Lipinski definition) is 4. The maximum Gasteiger partial charge on any atom is 0.335 e. The van der Waals surface area contributed by atoms with Gasteiger partial charge in [-0.1, -0.05) is 24.3 Å². The van der Waals surface area contributed by atoms with Crippen LogP contribution in [-0.2, 0) is 12.2 Å². The highest BCUT2D eigenvalue weighted by molar-refractivity contribution is 5.88. The van der Waals surface area contributed by atoms with E-state index in [0.29, 0.717) is 5.56 Å². The van der Waals surface area contributed by atoms with E-state index < -0.39 is 17.7 Å². The summed E-state index contributed by atoms with van der Waals surface area (Å²) in [6.45, 7) is 0. The van der Waals surface area contributed by atoms with Crippen molar-refractivity contribution in [2.75, 3.05) is 0 Å². The smallest absolute Gasteiger partial charge is 0.335 e. The van der Waals surface area contributed by atoms with E-state index in [-0.39, 0.29) is 23.1 Å². The largest absolute Gasteiger partial charge is 0.478 e. The van der Waals surface area contributed by atoms with Crippen molar-refractivity contribution in [2.24, 2.45) is 0 Å². The molecule has 0 heterocycles. The van der Waals surface area contributed by atoms with Crippen molar-refractivity contribution < 1.29 is 30.0 Å². The first-order chi connectivity index (χ1) is 10.3. The number of carboxylic acids is 2. The van der Waals surface area contributed by atoms with Gasteiger partial charge in [0.1, 0.15) is 0 Å². The van der Waals surface area contributed by atoms with Gasteiger partial charge in [-0.05, 0) is 29.8 Å². The van der Waals surface area contributed by atoms with E-state index in [1.54, 1.807) is 6.07 Å². The Labute approximate surface area is 125 Å². The molecule has 0 bridgehead atoms. The van der Waals surface area contributed by atoms with Crippen LogP contribution in [0.5, 0.6) is 0 Å². The Hall–Kier alpha value is -2.70. The molecule has 0 aliphatic rings. The van der Waals surface area contributed by atoms with Crippen LogP contribution in [0.1, 0.15) is 31.8 Å². The summed E-state index contributed by atoms with van der Waals surface area (Å²) in [5.74, 6) is -4.59. The predicted octanol–water partition coefficient (Wildman–Crippen LogP) is 1.46.